The third-order valence-corrected chi connectivity index (χ3v) is 10.8. The first-order valence-corrected chi connectivity index (χ1v) is 22.7. The predicted octanol–water partition coefficient (Wildman–Crippen LogP) is 11.4. The minimum Gasteiger partial charge on any atom is -0.465 e. The molecule has 2 atom stereocenters. The zero-order valence-corrected chi connectivity index (χ0v) is 37.0. The van der Waals surface area contributed by atoms with Crippen molar-refractivity contribution in [3.05, 3.63) is 25.3 Å². The molecule has 0 aliphatic rings. The van der Waals surface area contributed by atoms with E-state index >= 15 is 0 Å². The second-order valence-electron chi connectivity index (χ2n) is 16.0. The average Bonchev–Trinajstić information content (AvgIpc) is 3.22. The van der Waals surface area contributed by atoms with Crippen molar-refractivity contribution in [2.75, 3.05) is 52.9 Å². The number of ether oxygens (including phenoxy) is 6. The topological polar surface area (TPSA) is 124 Å². The number of esters is 4. The van der Waals surface area contributed by atoms with Crippen LogP contribution in [0, 0.1) is 10.8 Å². The summed E-state index contributed by atoms with van der Waals surface area (Å²) in [6, 6.07) is 0. The maximum absolute atomic E-state index is 12.8. The molecule has 0 aliphatic carbocycles. The number of rotatable bonds is 42. The fraction of sp³-hybridized carbons (Fsp3) is 0.830. The molecule has 10 heteroatoms. The highest BCUT2D eigenvalue weighted by molar-refractivity contribution is 5.81. The van der Waals surface area contributed by atoms with E-state index in [9.17, 15) is 19.2 Å². The van der Waals surface area contributed by atoms with E-state index in [4.69, 9.17) is 28.4 Å². The minimum absolute atomic E-state index is 0.0246. The molecule has 0 radical (unpaired) electrons. The Kier molecular flexibility index (Phi) is 35.8. The molecule has 0 rings (SSSR count). The van der Waals surface area contributed by atoms with Crippen molar-refractivity contribution in [2.45, 2.75) is 188 Å². The third-order valence-electron chi connectivity index (χ3n) is 10.8. The van der Waals surface area contributed by atoms with Gasteiger partial charge in [0, 0.05) is 38.2 Å². The van der Waals surface area contributed by atoms with E-state index in [0.717, 1.165) is 37.8 Å². The van der Waals surface area contributed by atoms with Gasteiger partial charge in [-0.15, -0.1) is 0 Å². The smallest absolute Gasteiger partial charge is 0.330 e. The van der Waals surface area contributed by atoms with E-state index in [1.165, 1.54) is 103 Å². The Bertz CT molecular complexity index is 965. The lowest BCUT2D eigenvalue weighted by molar-refractivity contribution is -0.155. The highest BCUT2D eigenvalue weighted by Crippen LogP contribution is 2.27. The quantitative estimate of drug-likeness (QED) is 0.0255. The van der Waals surface area contributed by atoms with Gasteiger partial charge in [-0.05, 0) is 32.1 Å². The summed E-state index contributed by atoms with van der Waals surface area (Å²) < 4.78 is 34.1. The molecule has 57 heavy (non-hydrogen) atoms. The Hall–Kier alpha value is -2.72. The van der Waals surface area contributed by atoms with E-state index in [1.807, 2.05) is 13.8 Å². The van der Waals surface area contributed by atoms with Gasteiger partial charge in [-0.2, -0.15) is 0 Å². The molecule has 0 fully saturated rings. The maximum Gasteiger partial charge on any atom is 0.330 e. The molecule has 0 bridgehead atoms. The van der Waals surface area contributed by atoms with E-state index in [-0.39, 0.29) is 58.9 Å². The SMILES string of the molecule is C=CC(=O)OCC(CC)(COCCCCCCCCCCCC)COC(=O)CCCC(=O)OCC(CC)(COCCCCCCCCCCCC)COC(=O)C=C. The Morgan fingerprint density at radius 1 is 0.404 bits per heavy atom. The molecular weight excluding hydrogens is 725 g/mol. The summed E-state index contributed by atoms with van der Waals surface area (Å²) in [5, 5.41) is 0. The van der Waals surface area contributed by atoms with E-state index < -0.39 is 34.7 Å². The monoisotopic (exact) mass is 809 g/mol. The predicted molar refractivity (Wildman–Crippen MR) is 229 cm³/mol. The van der Waals surface area contributed by atoms with Crippen molar-refractivity contribution < 1.29 is 47.6 Å². The van der Waals surface area contributed by atoms with Crippen LogP contribution in [-0.2, 0) is 47.6 Å². The fourth-order valence-corrected chi connectivity index (χ4v) is 6.38. The molecule has 0 aromatic rings. The summed E-state index contributed by atoms with van der Waals surface area (Å²) in [5.41, 5.74) is -1.39. The van der Waals surface area contributed by atoms with Gasteiger partial charge >= 0.3 is 23.9 Å². The second kappa shape index (κ2) is 37.5. The molecule has 10 nitrogen and oxygen atoms in total. The molecule has 332 valence electrons. The van der Waals surface area contributed by atoms with E-state index in [1.54, 1.807) is 0 Å². The van der Waals surface area contributed by atoms with Crippen molar-refractivity contribution in [1.29, 1.82) is 0 Å². The van der Waals surface area contributed by atoms with Gasteiger partial charge in [0.15, 0.2) is 0 Å². The van der Waals surface area contributed by atoms with Crippen LogP contribution >= 0.6 is 0 Å². The van der Waals surface area contributed by atoms with Crippen LogP contribution in [0.1, 0.15) is 188 Å². The summed E-state index contributed by atoms with van der Waals surface area (Å²) in [6.07, 6.45) is 28.4. The highest BCUT2D eigenvalue weighted by atomic mass is 16.6. The lowest BCUT2D eigenvalue weighted by atomic mass is 9.88. The zero-order chi connectivity index (χ0) is 42.3. The minimum atomic E-state index is -0.695. The first-order valence-electron chi connectivity index (χ1n) is 22.7. The highest BCUT2D eigenvalue weighted by Gasteiger charge is 2.34. The summed E-state index contributed by atoms with van der Waals surface area (Å²) in [6.45, 7) is 17.2. The lowest BCUT2D eigenvalue weighted by Gasteiger charge is -2.31. The molecule has 0 N–H and O–H groups in total. The van der Waals surface area contributed by atoms with Crippen molar-refractivity contribution in [3.8, 4) is 0 Å². The van der Waals surface area contributed by atoms with Gasteiger partial charge in [0.25, 0.3) is 0 Å². The van der Waals surface area contributed by atoms with E-state index in [2.05, 4.69) is 27.0 Å². The zero-order valence-electron chi connectivity index (χ0n) is 37.0. The maximum atomic E-state index is 12.8. The lowest BCUT2D eigenvalue weighted by Crippen LogP contribution is -2.38. The molecule has 0 aromatic carbocycles. The molecular formula is C47H84O10. The van der Waals surface area contributed by atoms with Crippen molar-refractivity contribution in [3.63, 3.8) is 0 Å². The van der Waals surface area contributed by atoms with Gasteiger partial charge in [0.2, 0.25) is 0 Å². The Labute approximate surface area is 347 Å². The van der Waals surface area contributed by atoms with Gasteiger partial charge in [-0.1, -0.05) is 156 Å². The van der Waals surface area contributed by atoms with Gasteiger partial charge < -0.3 is 28.4 Å². The number of carbonyl (C=O) groups excluding carboxylic acids is 4. The average molecular weight is 809 g/mol. The van der Waals surface area contributed by atoms with Crippen LogP contribution in [0.3, 0.4) is 0 Å². The standard InChI is InChI=1S/C47H84O10/c1-7-13-15-17-19-21-23-25-27-29-34-52-36-46(11-5,38-54-42(48)9-3)40-56-44(50)32-31-33-45(51)57-41-47(12-6,39-55-43(49)10-4)37-53-35-30-28-26-24-22-20-18-16-14-8-2/h9-10H,3-4,7-8,11-41H2,1-2,5-6H3. The first-order chi connectivity index (χ1) is 27.6. The largest absolute Gasteiger partial charge is 0.465 e. The number of hydrogen-bond acceptors (Lipinski definition) is 10. The van der Waals surface area contributed by atoms with E-state index in [0.29, 0.717) is 26.1 Å². The van der Waals surface area contributed by atoms with Crippen LogP contribution < -0.4 is 0 Å². The molecule has 0 spiro atoms. The van der Waals surface area contributed by atoms with Gasteiger partial charge in [0.05, 0.1) is 24.0 Å². The van der Waals surface area contributed by atoms with Crippen LogP contribution in [0.15, 0.2) is 25.3 Å². The summed E-state index contributed by atoms with van der Waals surface area (Å²) in [7, 11) is 0. The fourth-order valence-electron chi connectivity index (χ4n) is 6.38. The van der Waals surface area contributed by atoms with Gasteiger partial charge in [-0.3, -0.25) is 9.59 Å². The summed E-state index contributed by atoms with van der Waals surface area (Å²) in [5.74, 6) is -1.99. The molecule has 2 unspecified atom stereocenters. The van der Waals surface area contributed by atoms with Gasteiger partial charge in [0.1, 0.15) is 26.4 Å². The van der Waals surface area contributed by atoms with Gasteiger partial charge in [-0.25, -0.2) is 9.59 Å². The third kappa shape index (κ3) is 31.0. The van der Waals surface area contributed by atoms with Crippen LogP contribution in [0.2, 0.25) is 0 Å². The number of hydrogen-bond donors (Lipinski definition) is 0. The van der Waals surface area contributed by atoms with Crippen molar-refractivity contribution in [1.82, 2.24) is 0 Å². The molecule has 0 saturated carbocycles. The molecule has 0 amide bonds. The molecule has 0 aliphatic heterocycles. The first kappa shape index (κ1) is 54.3. The Balaban J connectivity index is 4.76. The van der Waals surface area contributed by atoms with Crippen LogP contribution in [-0.4, -0.2) is 76.7 Å². The molecule has 0 saturated heterocycles. The van der Waals surface area contributed by atoms with Crippen LogP contribution in [0.25, 0.3) is 0 Å². The molecule has 0 aromatic heterocycles. The molecule has 0 heterocycles. The second-order valence-corrected chi connectivity index (χ2v) is 16.0. The normalized spacial score (nSPS) is 13.3. The van der Waals surface area contributed by atoms with Crippen molar-refractivity contribution in [2.24, 2.45) is 10.8 Å². The Morgan fingerprint density at radius 2 is 0.702 bits per heavy atom. The Morgan fingerprint density at radius 3 is 1.00 bits per heavy atom. The van der Waals surface area contributed by atoms with Crippen LogP contribution in [0.5, 0.6) is 0 Å². The summed E-state index contributed by atoms with van der Waals surface area (Å²) >= 11 is 0. The van der Waals surface area contributed by atoms with Crippen LogP contribution in [0.4, 0.5) is 0 Å². The number of unbranched alkanes of at least 4 members (excludes halogenated alkanes) is 18. The van der Waals surface area contributed by atoms with Crippen molar-refractivity contribution >= 4 is 23.9 Å². The number of carbonyl (C=O) groups is 4. The summed E-state index contributed by atoms with van der Waals surface area (Å²) in [4.78, 5) is 49.3.